The van der Waals surface area contributed by atoms with Gasteiger partial charge in [-0.1, -0.05) is 42.5 Å². The summed E-state index contributed by atoms with van der Waals surface area (Å²) in [5.41, 5.74) is 0.930. The molecule has 0 spiro atoms. The van der Waals surface area contributed by atoms with E-state index in [1.807, 2.05) is 30.3 Å². The third-order valence-electron chi connectivity index (χ3n) is 2.59. The number of amides is 1. The molecule has 0 fully saturated rings. The molecule has 0 saturated carbocycles. The van der Waals surface area contributed by atoms with Crippen molar-refractivity contribution in [2.75, 3.05) is 5.32 Å². The van der Waals surface area contributed by atoms with E-state index in [0.717, 1.165) is 5.56 Å². The summed E-state index contributed by atoms with van der Waals surface area (Å²) in [5, 5.41) is 13.3. The van der Waals surface area contributed by atoms with Gasteiger partial charge >= 0.3 is 0 Å². The Balaban J connectivity index is 2.09. The number of carbonyl (C=O) groups excluding carboxylic acids is 1. The number of para-hydroxylation sites is 2. The molecule has 5 nitrogen and oxygen atoms in total. The van der Waals surface area contributed by atoms with Gasteiger partial charge < -0.3 is 5.32 Å². The molecule has 0 atom stereocenters. The fourth-order valence-electron chi connectivity index (χ4n) is 1.65. The maximum atomic E-state index is 11.7. The summed E-state index contributed by atoms with van der Waals surface area (Å²) >= 11 is 0. The Morgan fingerprint density at radius 2 is 1.70 bits per heavy atom. The third kappa shape index (κ3) is 3.52. The first-order valence-electron chi connectivity index (χ1n) is 5.94. The van der Waals surface area contributed by atoms with Crippen molar-refractivity contribution >= 4 is 23.4 Å². The fraction of sp³-hybridized carbons (Fsp3) is 0. The molecule has 0 heterocycles. The van der Waals surface area contributed by atoms with Gasteiger partial charge in [-0.25, -0.2) is 0 Å². The molecule has 0 aromatic heterocycles. The largest absolute Gasteiger partial charge is 0.317 e. The molecule has 0 unspecified atom stereocenters. The van der Waals surface area contributed by atoms with Gasteiger partial charge in [-0.3, -0.25) is 14.9 Å². The SMILES string of the molecule is O=C(C=Cc1ccccc1)Nc1ccccc1[N+](=O)[O-]. The summed E-state index contributed by atoms with van der Waals surface area (Å²) in [6.45, 7) is 0. The Labute approximate surface area is 115 Å². The van der Waals surface area contributed by atoms with Crippen LogP contribution in [0.4, 0.5) is 11.4 Å². The Morgan fingerprint density at radius 1 is 1.05 bits per heavy atom. The zero-order chi connectivity index (χ0) is 14.4. The van der Waals surface area contributed by atoms with Crippen molar-refractivity contribution in [2.24, 2.45) is 0 Å². The smallest absolute Gasteiger partial charge is 0.292 e. The summed E-state index contributed by atoms with van der Waals surface area (Å²) in [5.74, 6) is -0.414. The van der Waals surface area contributed by atoms with Gasteiger partial charge in [-0.15, -0.1) is 0 Å². The van der Waals surface area contributed by atoms with Crippen LogP contribution >= 0.6 is 0 Å². The lowest BCUT2D eigenvalue weighted by atomic mass is 10.2. The van der Waals surface area contributed by atoms with Crippen molar-refractivity contribution in [3.05, 3.63) is 76.4 Å². The zero-order valence-electron chi connectivity index (χ0n) is 10.5. The Kier molecular flexibility index (Phi) is 4.24. The second-order valence-corrected chi connectivity index (χ2v) is 4.01. The van der Waals surface area contributed by atoms with E-state index in [0.29, 0.717) is 0 Å². The molecule has 100 valence electrons. The van der Waals surface area contributed by atoms with Crippen LogP contribution in [0.25, 0.3) is 6.08 Å². The number of nitrogens with zero attached hydrogens (tertiary/aromatic N) is 1. The second-order valence-electron chi connectivity index (χ2n) is 4.01. The highest BCUT2D eigenvalue weighted by molar-refractivity contribution is 6.03. The summed E-state index contributed by atoms with van der Waals surface area (Å²) in [4.78, 5) is 22.0. The summed E-state index contributed by atoms with van der Waals surface area (Å²) in [6, 6.07) is 15.3. The molecule has 1 amide bonds. The summed E-state index contributed by atoms with van der Waals surface area (Å²) in [6.07, 6.45) is 2.98. The zero-order valence-corrected chi connectivity index (χ0v) is 10.5. The molecule has 0 aliphatic rings. The quantitative estimate of drug-likeness (QED) is 0.525. The van der Waals surface area contributed by atoms with E-state index in [2.05, 4.69) is 5.32 Å². The lowest BCUT2D eigenvalue weighted by Crippen LogP contribution is -2.09. The second kappa shape index (κ2) is 6.29. The molecule has 2 aromatic carbocycles. The van der Waals surface area contributed by atoms with Crippen LogP contribution in [0.3, 0.4) is 0 Å². The van der Waals surface area contributed by atoms with Crippen molar-refractivity contribution in [1.29, 1.82) is 0 Å². The van der Waals surface area contributed by atoms with E-state index in [-0.39, 0.29) is 11.4 Å². The summed E-state index contributed by atoms with van der Waals surface area (Å²) < 4.78 is 0. The normalized spacial score (nSPS) is 10.4. The van der Waals surface area contributed by atoms with Gasteiger partial charge in [-0.2, -0.15) is 0 Å². The van der Waals surface area contributed by atoms with Gasteiger partial charge in [0.1, 0.15) is 5.69 Å². The summed E-state index contributed by atoms with van der Waals surface area (Å²) in [7, 11) is 0. The number of hydrogen-bond donors (Lipinski definition) is 1. The molecule has 1 N–H and O–H groups in total. The molecule has 20 heavy (non-hydrogen) atoms. The minimum Gasteiger partial charge on any atom is -0.317 e. The number of nitrogens with one attached hydrogen (secondary N) is 1. The number of carbonyl (C=O) groups is 1. The molecule has 0 radical (unpaired) electrons. The van der Waals surface area contributed by atoms with E-state index >= 15 is 0 Å². The number of hydrogen-bond acceptors (Lipinski definition) is 3. The molecule has 2 aromatic rings. The Bertz CT molecular complexity index is 651. The number of benzene rings is 2. The van der Waals surface area contributed by atoms with Crippen molar-refractivity contribution in [1.82, 2.24) is 0 Å². The average Bonchev–Trinajstić information content (AvgIpc) is 2.46. The van der Waals surface area contributed by atoms with Crippen LogP contribution < -0.4 is 5.32 Å². The molecule has 2 rings (SSSR count). The maximum absolute atomic E-state index is 11.7. The first kappa shape index (κ1) is 13.5. The van der Waals surface area contributed by atoms with Crippen LogP contribution in [0.2, 0.25) is 0 Å². The standard InChI is InChI=1S/C15H12N2O3/c18-15(11-10-12-6-2-1-3-7-12)16-13-8-4-5-9-14(13)17(19)20/h1-11H,(H,16,18). The van der Waals surface area contributed by atoms with Crippen LogP contribution in [-0.4, -0.2) is 10.8 Å². The van der Waals surface area contributed by atoms with E-state index in [9.17, 15) is 14.9 Å². The average molecular weight is 268 g/mol. The molecule has 0 aliphatic heterocycles. The Morgan fingerprint density at radius 3 is 2.40 bits per heavy atom. The topological polar surface area (TPSA) is 72.2 Å². The van der Waals surface area contributed by atoms with E-state index in [1.165, 1.54) is 18.2 Å². The number of nitro groups is 1. The molecule has 5 heteroatoms. The van der Waals surface area contributed by atoms with Crippen LogP contribution in [0.1, 0.15) is 5.56 Å². The van der Waals surface area contributed by atoms with E-state index in [4.69, 9.17) is 0 Å². The fourth-order valence-corrected chi connectivity index (χ4v) is 1.65. The molecule has 0 bridgehead atoms. The highest BCUT2D eigenvalue weighted by Gasteiger charge is 2.13. The monoisotopic (exact) mass is 268 g/mol. The van der Waals surface area contributed by atoms with Gasteiger partial charge in [0.15, 0.2) is 0 Å². The highest BCUT2D eigenvalue weighted by Crippen LogP contribution is 2.23. The van der Waals surface area contributed by atoms with Crippen molar-refractivity contribution in [3.63, 3.8) is 0 Å². The van der Waals surface area contributed by atoms with Crippen LogP contribution in [-0.2, 0) is 4.79 Å². The van der Waals surface area contributed by atoms with Gasteiger partial charge in [-0.05, 0) is 17.7 Å². The number of anilines is 1. The van der Waals surface area contributed by atoms with Gasteiger partial charge in [0.2, 0.25) is 5.91 Å². The van der Waals surface area contributed by atoms with E-state index < -0.39 is 10.8 Å². The molecular weight excluding hydrogens is 256 g/mol. The van der Waals surface area contributed by atoms with Gasteiger partial charge in [0, 0.05) is 12.1 Å². The van der Waals surface area contributed by atoms with Gasteiger partial charge in [0.25, 0.3) is 5.69 Å². The molecule has 0 aliphatic carbocycles. The maximum Gasteiger partial charge on any atom is 0.292 e. The predicted octanol–water partition coefficient (Wildman–Crippen LogP) is 3.25. The predicted molar refractivity (Wildman–Crippen MR) is 77.2 cm³/mol. The Hall–Kier alpha value is -2.95. The minimum atomic E-state index is -0.531. The van der Waals surface area contributed by atoms with Crippen molar-refractivity contribution in [3.8, 4) is 0 Å². The number of rotatable bonds is 4. The third-order valence-corrected chi connectivity index (χ3v) is 2.59. The van der Waals surface area contributed by atoms with Crippen LogP contribution in [0.5, 0.6) is 0 Å². The molecular formula is C15H12N2O3. The van der Waals surface area contributed by atoms with Crippen molar-refractivity contribution < 1.29 is 9.72 Å². The van der Waals surface area contributed by atoms with E-state index in [1.54, 1.807) is 18.2 Å². The molecule has 0 saturated heterocycles. The first-order chi connectivity index (χ1) is 9.66. The van der Waals surface area contributed by atoms with Crippen LogP contribution in [0.15, 0.2) is 60.7 Å². The highest BCUT2D eigenvalue weighted by atomic mass is 16.6. The minimum absolute atomic E-state index is 0.131. The lowest BCUT2D eigenvalue weighted by Gasteiger charge is -2.02. The van der Waals surface area contributed by atoms with Crippen LogP contribution in [0, 0.1) is 10.1 Å². The van der Waals surface area contributed by atoms with Gasteiger partial charge in [0.05, 0.1) is 4.92 Å². The van der Waals surface area contributed by atoms with Crippen molar-refractivity contribution in [2.45, 2.75) is 0 Å². The lowest BCUT2D eigenvalue weighted by molar-refractivity contribution is -0.383. The first-order valence-corrected chi connectivity index (χ1v) is 5.94. The number of nitro benzene ring substituents is 1.